The summed E-state index contributed by atoms with van der Waals surface area (Å²) in [4.78, 5) is 31.9. The van der Waals surface area contributed by atoms with E-state index in [2.05, 4.69) is 26.9 Å². The van der Waals surface area contributed by atoms with E-state index < -0.39 is 11.7 Å². The van der Waals surface area contributed by atoms with Crippen LogP contribution in [-0.2, 0) is 12.6 Å². The van der Waals surface area contributed by atoms with Crippen molar-refractivity contribution in [3.05, 3.63) is 72.1 Å². The summed E-state index contributed by atoms with van der Waals surface area (Å²) in [5, 5.41) is 0. The number of piperidine rings is 1. The molecule has 6 nitrogen and oxygen atoms in total. The molecule has 1 aliphatic rings. The minimum atomic E-state index is -4.46. The fraction of sp³-hybridized carbons (Fsp3) is 0.375. The van der Waals surface area contributed by atoms with Gasteiger partial charge in [0.25, 0.3) is 5.91 Å². The quantitative estimate of drug-likeness (QED) is 0.551. The second-order valence-corrected chi connectivity index (χ2v) is 8.23. The van der Waals surface area contributed by atoms with Crippen LogP contribution in [0, 0.1) is 5.92 Å². The molecule has 1 aliphatic heterocycles. The van der Waals surface area contributed by atoms with E-state index in [0.29, 0.717) is 42.2 Å². The number of carbonyl (C=O) groups is 1. The largest absolute Gasteiger partial charge is 0.419 e. The maximum Gasteiger partial charge on any atom is 0.419 e. The van der Waals surface area contributed by atoms with Crippen molar-refractivity contribution >= 4 is 5.91 Å². The third kappa shape index (κ3) is 5.18. The monoisotopic (exact) mass is 455 g/mol. The van der Waals surface area contributed by atoms with Crippen LogP contribution in [0.1, 0.15) is 47.9 Å². The first kappa shape index (κ1) is 22.8. The Labute approximate surface area is 189 Å². The SMILES string of the molecule is C[C@@H]1CCCN(C(=O)c2ccccc2-c2ncccn2)[C@@H]1CCc1ncc(C(F)(F)F)cn1. The number of likely N-dealkylation sites (tertiary alicyclic amines) is 1. The van der Waals surface area contributed by atoms with Crippen molar-refractivity contribution in [2.24, 2.45) is 5.92 Å². The van der Waals surface area contributed by atoms with Crippen molar-refractivity contribution in [1.29, 1.82) is 0 Å². The van der Waals surface area contributed by atoms with Gasteiger partial charge in [-0.2, -0.15) is 13.2 Å². The zero-order chi connectivity index (χ0) is 23.4. The highest BCUT2D eigenvalue weighted by Gasteiger charge is 2.34. The number of nitrogens with zero attached hydrogens (tertiary/aromatic N) is 5. The fourth-order valence-electron chi connectivity index (χ4n) is 4.31. The van der Waals surface area contributed by atoms with Gasteiger partial charge < -0.3 is 4.90 Å². The third-order valence-corrected chi connectivity index (χ3v) is 6.04. The second-order valence-electron chi connectivity index (χ2n) is 8.23. The summed E-state index contributed by atoms with van der Waals surface area (Å²) in [6.07, 6.45) is 3.27. The first-order valence-corrected chi connectivity index (χ1v) is 10.9. The zero-order valence-electron chi connectivity index (χ0n) is 18.2. The highest BCUT2D eigenvalue weighted by molar-refractivity contribution is 6.00. The van der Waals surface area contributed by atoms with E-state index in [4.69, 9.17) is 0 Å². The lowest BCUT2D eigenvalue weighted by molar-refractivity contribution is -0.138. The number of hydrogen-bond donors (Lipinski definition) is 0. The van der Waals surface area contributed by atoms with E-state index >= 15 is 0 Å². The van der Waals surface area contributed by atoms with E-state index in [1.54, 1.807) is 24.5 Å². The Morgan fingerprint density at radius 3 is 2.45 bits per heavy atom. The van der Waals surface area contributed by atoms with Gasteiger partial charge in [-0.3, -0.25) is 4.79 Å². The Morgan fingerprint density at radius 1 is 1.06 bits per heavy atom. The van der Waals surface area contributed by atoms with Crippen LogP contribution in [0.25, 0.3) is 11.4 Å². The first-order chi connectivity index (χ1) is 15.8. The summed E-state index contributed by atoms with van der Waals surface area (Å²) in [5.74, 6) is 0.979. The highest BCUT2D eigenvalue weighted by Crippen LogP contribution is 2.31. The number of halogens is 3. The fourth-order valence-corrected chi connectivity index (χ4v) is 4.31. The predicted molar refractivity (Wildman–Crippen MR) is 116 cm³/mol. The molecule has 0 N–H and O–H groups in total. The van der Waals surface area contributed by atoms with Gasteiger partial charge in [-0.05, 0) is 37.3 Å². The molecule has 0 radical (unpaired) electrons. The molecule has 0 bridgehead atoms. The van der Waals surface area contributed by atoms with Crippen molar-refractivity contribution < 1.29 is 18.0 Å². The Kier molecular flexibility index (Phi) is 6.67. The third-order valence-electron chi connectivity index (χ3n) is 6.04. The molecule has 9 heteroatoms. The number of rotatable bonds is 5. The molecule has 0 aliphatic carbocycles. The smallest absolute Gasteiger partial charge is 0.335 e. The molecule has 1 aromatic carbocycles. The predicted octanol–water partition coefficient (Wildman–Crippen LogP) is 4.83. The molecule has 1 saturated heterocycles. The van der Waals surface area contributed by atoms with Crippen molar-refractivity contribution in [3.63, 3.8) is 0 Å². The summed E-state index contributed by atoms with van der Waals surface area (Å²) in [7, 11) is 0. The van der Waals surface area contributed by atoms with Crippen LogP contribution in [0.4, 0.5) is 13.2 Å². The van der Waals surface area contributed by atoms with Crippen LogP contribution < -0.4 is 0 Å². The lowest BCUT2D eigenvalue weighted by Crippen LogP contribution is -2.48. The molecular formula is C24H24F3N5O. The molecule has 33 heavy (non-hydrogen) atoms. The maximum absolute atomic E-state index is 13.6. The number of carbonyl (C=O) groups excluding carboxylic acids is 1. The van der Waals surface area contributed by atoms with Crippen LogP contribution in [-0.4, -0.2) is 43.3 Å². The first-order valence-electron chi connectivity index (χ1n) is 10.9. The van der Waals surface area contributed by atoms with Gasteiger partial charge in [0, 0.05) is 49.4 Å². The Bertz CT molecular complexity index is 1090. The molecule has 2 aromatic heterocycles. The highest BCUT2D eigenvalue weighted by atomic mass is 19.4. The van der Waals surface area contributed by atoms with Crippen LogP contribution in [0.2, 0.25) is 0 Å². The van der Waals surface area contributed by atoms with Crippen molar-refractivity contribution in [2.45, 2.75) is 44.8 Å². The van der Waals surface area contributed by atoms with Crippen molar-refractivity contribution in [1.82, 2.24) is 24.8 Å². The molecule has 3 aromatic rings. The molecule has 4 rings (SSSR count). The van der Waals surface area contributed by atoms with Gasteiger partial charge in [0.1, 0.15) is 5.82 Å². The molecule has 3 heterocycles. The molecule has 1 amide bonds. The maximum atomic E-state index is 13.6. The molecular weight excluding hydrogens is 431 g/mol. The topological polar surface area (TPSA) is 71.9 Å². The van der Waals surface area contributed by atoms with Crippen LogP contribution >= 0.6 is 0 Å². The lowest BCUT2D eigenvalue weighted by Gasteiger charge is -2.40. The van der Waals surface area contributed by atoms with E-state index in [1.165, 1.54) is 0 Å². The number of aromatic nitrogens is 4. The molecule has 172 valence electrons. The molecule has 0 unspecified atom stereocenters. The average molecular weight is 455 g/mol. The van der Waals surface area contributed by atoms with Crippen LogP contribution in [0.3, 0.4) is 0 Å². The van der Waals surface area contributed by atoms with Gasteiger partial charge in [-0.1, -0.05) is 25.1 Å². The van der Waals surface area contributed by atoms with Crippen molar-refractivity contribution in [3.8, 4) is 11.4 Å². The van der Waals surface area contributed by atoms with Crippen LogP contribution in [0.15, 0.2) is 55.1 Å². The van der Waals surface area contributed by atoms with Gasteiger partial charge in [-0.25, -0.2) is 19.9 Å². The molecule has 0 saturated carbocycles. The Hall–Kier alpha value is -3.36. The summed E-state index contributed by atoms with van der Waals surface area (Å²) >= 11 is 0. The van der Waals surface area contributed by atoms with Crippen molar-refractivity contribution in [2.75, 3.05) is 6.54 Å². The normalized spacial score (nSPS) is 18.8. The average Bonchev–Trinajstić information content (AvgIpc) is 2.83. The van der Waals surface area contributed by atoms with Gasteiger partial charge in [0.2, 0.25) is 0 Å². The molecule has 2 atom stereocenters. The number of alkyl halides is 3. The van der Waals surface area contributed by atoms with Gasteiger partial charge >= 0.3 is 6.18 Å². The number of amides is 1. The summed E-state index contributed by atoms with van der Waals surface area (Å²) in [5.41, 5.74) is 0.341. The second kappa shape index (κ2) is 9.64. The zero-order valence-corrected chi connectivity index (χ0v) is 18.2. The Morgan fingerprint density at radius 2 is 1.76 bits per heavy atom. The summed E-state index contributed by atoms with van der Waals surface area (Å²) in [6.45, 7) is 2.72. The summed E-state index contributed by atoms with van der Waals surface area (Å²) < 4.78 is 38.3. The van der Waals surface area contributed by atoms with E-state index in [-0.39, 0.29) is 17.9 Å². The number of benzene rings is 1. The van der Waals surface area contributed by atoms with Gasteiger partial charge in [0.15, 0.2) is 5.82 Å². The Balaban J connectivity index is 1.54. The van der Waals surface area contributed by atoms with E-state index in [9.17, 15) is 18.0 Å². The molecule has 1 fully saturated rings. The van der Waals surface area contributed by atoms with Gasteiger partial charge in [-0.15, -0.1) is 0 Å². The van der Waals surface area contributed by atoms with Crippen LogP contribution in [0.5, 0.6) is 0 Å². The lowest BCUT2D eigenvalue weighted by atomic mass is 9.87. The van der Waals surface area contributed by atoms with E-state index in [0.717, 1.165) is 25.2 Å². The molecule has 0 spiro atoms. The minimum absolute atomic E-state index is 0.0677. The standard InChI is InChI=1S/C24H24F3N5O/c1-16-6-4-13-32(20(16)9-10-21-30-14-17(15-31-21)24(25,26)27)23(33)19-8-3-2-7-18(19)22-28-11-5-12-29-22/h2-3,5,7-8,11-12,14-16,20H,4,6,9-10,13H2,1H3/t16-,20-/m1/s1. The van der Waals surface area contributed by atoms with Gasteiger partial charge in [0.05, 0.1) is 11.1 Å². The minimum Gasteiger partial charge on any atom is -0.335 e. The number of aryl methyl sites for hydroxylation is 1. The number of hydrogen-bond acceptors (Lipinski definition) is 5. The summed E-state index contributed by atoms with van der Waals surface area (Å²) in [6, 6.07) is 8.94. The van der Waals surface area contributed by atoms with E-state index in [1.807, 2.05) is 23.1 Å².